The van der Waals surface area contributed by atoms with Crippen molar-refractivity contribution in [3.8, 4) is 17.7 Å². The van der Waals surface area contributed by atoms with Gasteiger partial charge in [-0.3, -0.25) is 9.59 Å². The molecule has 2 heterocycles. The summed E-state index contributed by atoms with van der Waals surface area (Å²) in [5.74, 6) is 6.41. The smallest absolute Gasteiger partial charge is 0.259 e. The van der Waals surface area contributed by atoms with Crippen LogP contribution >= 0.6 is 0 Å². The minimum Gasteiger partial charge on any atom is -0.472 e. The normalized spacial score (nSPS) is 18.5. The number of hydrogen-bond acceptors (Lipinski definition) is 5. The maximum absolute atomic E-state index is 13.5. The molecule has 0 fully saturated rings. The number of hydrogen-bond donors (Lipinski definition) is 1. The molecule has 2 aromatic rings. The number of benzene rings is 1. The van der Waals surface area contributed by atoms with Gasteiger partial charge in [0, 0.05) is 43.3 Å². The Morgan fingerprint density at radius 1 is 1.29 bits per heavy atom. The second-order valence-electron chi connectivity index (χ2n) is 9.65. The molecule has 3 rings (SSSR count). The van der Waals surface area contributed by atoms with Gasteiger partial charge in [0.05, 0.1) is 19.2 Å². The Labute approximate surface area is 208 Å². The van der Waals surface area contributed by atoms with Gasteiger partial charge in [0.15, 0.2) is 0 Å². The third-order valence-corrected chi connectivity index (χ3v) is 6.09. The van der Waals surface area contributed by atoms with Crippen molar-refractivity contribution < 1.29 is 19.4 Å². The summed E-state index contributed by atoms with van der Waals surface area (Å²) < 4.78 is 6.27. The fourth-order valence-corrected chi connectivity index (χ4v) is 3.90. The summed E-state index contributed by atoms with van der Waals surface area (Å²) in [6.07, 6.45) is 1.95. The zero-order valence-corrected chi connectivity index (χ0v) is 21.2. The minimum atomic E-state index is -0.404. The van der Waals surface area contributed by atoms with Crippen molar-refractivity contribution in [2.45, 2.75) is 46.3 Å². The summed E-state index contributed by atoms with van der Waals surface area (Å²) in [5.41, 5.74) is 1.55. The monoisotopic (exact) mass is 477 g/mol. The molecule has 1 aromatic heterocycles. The highest BCUT2D eigenvalue weighted by Crippen LogP contribution is 2.27. The molecule has 2 amide bonds. The van der Waals surface area contributed by atoms with Gasteiger partial charge in [-0.05, 0) is 31.0 Å². The van der Waals surface area contributed by atoms with E-state index in [9.17, 15) is 14.7 Å². The number of nitrogens with zero attached hydrogens (tertiary/aromatic N) is 3. The van der Waals surface area contributed by atoms with E-state index in [0.29, 0.717) is 35.7 Å². The molecule has 0 bridgehead atoms. The molecule has 0 unspecified atom stereocenters. The predicted octanol–water partition coefficient (Wildman–Crippen LogP) is 3.47. The lowest BCUT2D eigenvalue weighted by Gasteiger charge is -2.37. The number of carbonyl (C=O) groups is 2. The molecular weight excluding hydrogens is 442 g/mol. The quantitative estimate of drug-likeness (QED) is 0.644. The SMILES string of the molecule is CC(C)CC#Cc1cnc2c(c1)C(=O)N([C@H](C)CO)C[C@H](C)[C@@H](CN(C)C(=O)c1ccccc1)O2. The fourth-order valence-electron chi connectivity index (χ4n) is 3.90. The first kappa shape index (κ1) is 26.2. The van der Waals surface area contributed by atoms with Crippen LogP contribution in [0.1, 0.15) is 60.4 Å². The number of aliphatic hydroxyl groups excluding tert-OH is 1. The van der Waals surface area contributed by atoms with Crippen LogP contribution in [0.25, 0.3) is 0 Å². The van der Waals surface area contributed by atoms with Gasteiger partial charge >= 0.3 is 0 Å². The van der Waals surface area contributed by atoms with Crippen LogP contribution in [0.4, 0.5) is 0 Å². The fraction of sp³-hybridized carbons (Fsp3) is 0.464. The van der Waals surface area contributed by atoms with Gasteiger partial charge < -0.3 is 19.6 Å². The van der Waals surface area contributed by atoms with Crippen LogP contribution in [0, 0.1) is 23.7 Å². The molecule has 0 saturated heterocycles. The number of fused-ring (bicyclic) bond motifs is 1. The van der Waals surface area contributed by atoms with Crippen molar-refractivity contribution in [1.29, 1.82) is 0 Å². The molecule has 0 saturated carbocycles. The third-order valence-electron chi connectivity index (χ3n) is 6.09. The van der Waals surface area contributed by atoms with Crippen LogP contribution in [0.5, 0.6) is 5.88 Å². The van der Waals surface area contributed by atoms with Crippen LogP contribution in [0.2, 0.25) is 0 Å². The lowest BCUT2D eigenvalue weighted by molar-refractivity contribution is 0.0313. The summed E-state index contributed by atoms with van der Waals surface area (Å²) in [4.78, 5) is 34.1. The molecule has 3 atom stereocenters. The number of aromatic nitrogens is 1. The van der Waals surface area contributed by atoms with E-state index in [1.165, 1.54) is 0 Å². The van der Waals surface area contributed by atoms with Crippen molar-refractivity contribution >= 4 is 11.8 Å². The molecule has 7 heteroatoms. The van der Waals surface area contributed by atoms with E-state index < -0.39 is 6.10 Å². The maximum atomic E-state index is 13.5. The Morgan fingerprint density at radius 2 is 2.00 bits per heavy atom. The van der Waals surface area contributed by atoms with Crippen molar-refractivity contribution in [3.63, 3.8) is 0 Å². The molecule has 1 N–H and O–H groups in total. The summed E-state index contributed by atoms with van der Waals surface area (Å²) >= 11 is 0. The van der Waals surface area contributed by atoms with Crippen molar-refractivity contribution in [1.82, 2.24) is 14.8 Å². The molecule has 1 aliphatic rings. The van der Waals surface area contributed by atoms with Crippen molar-refractivity contribution in [2.24, 2.45) is 11.8 Å². The third kappa shape index (κ3) is 6.61. The second kappa shape index (κ2) is 11.9. The van der Waals surface area contributed by atoms with Gasteiger partial charge in [0.2, 0.25) is 5.88 Å². The van der Waals surface area contributed by atoms with Gasteiger partial charge in [0.25, 0.3) is 11.8 Å². The number of pyridine rings is 1. The maximum Gasteiger partial charge on any atom is 0.259 e. The Balaban J connectivity index is 1.93. The Morgan fingerprint density at radius 3 is 2.66 bits per heavy atom. The number of carbonyl (C=O) groups excluding carboxylic acids is 2. The van der Waals surface area contributed by atoms with Crippen LogP contribution in [-0.4, -0.2) is 70.6 Å². The zero-order chi connectivity index (χ0) is 25.5. The van der Waals surface area contributed by atoms with E-state index in [4.69, 9.17) is 4.74 Å². The van der Waals surface area contributed by atoms with Gasteiger partial charge in [-0.25, -0.2) is 4.98 Å². The zero-order valence-electron chi connectivity index (χ0n) is 21.2. The van der Waals surface area contributed by atoms with E-state index >= 15 is 0 Å². The number of ether oxygens (including phenoxy) is 1. The molecule has 0 aliphatic carbocycles. The van der Waals surface area contributed by atoms with Gasteiger partial charge in [-0.2, -0.15) is 0 Å². The number of amides is 2. The van der Waals surface area contributed by atoms with E-state index in [1.807, 2.05) is 32.0 Å². The topological polar surface area (TPSA) is 83.0 Å². The highest BCUT2D eigenvalue weighted by molar-refractivity contribution is 5.97. The molecule has 1 aliphatic heterocycles. The number of rotatable bonds is 6. The summed E-state index contributed by atoms with van der Waals surface area (Å²) in [6, 6.07) is 10.4. The average molecular weight is 478 g/mol. The number of aliphatic hydroxyl groups is 1. The molecule has 7 nitrogen and oxygen atoms in total. The summed E-state index contributed by atoms with van der Waals surface area (Å²) in [6.45, 7) is 8.52. The molecule has 0 spiro atoms. The molecular formula is C28H35N3O4. The number of likely N-dealkylation sites (N-methyl/N-ethyl adjacent to an activating group) is 1. The van der Waals surface area contributed by atoms with E-state index in [2.05, 4.69) is 30.7 Å². The first-order chi connectivity index (χ1) is 16.7. The minimum absolute atomic E-state index is 0.107. The molecule has 35 heavy (non-hydrogen) atoms. The van der Waals surface area contributed by atoms with Crippen molar-refractivity contribution in [2.75, 3.05) is 26.7 Å². The Kier molecular flexibility index (Phi) is 8.89. The van der Waals surface area contributed by atoms with E-state index in [1.54, 1.807) is 41.2 Å². The van der Waals surface area contributed by atoms with Crippen LogP contribution in [0.15, 0.2) is 42.6 Å². The van der Waals surface area contributed by atoms with Crippen molar-refractivity contribution in [3.05, 3.63) is 59.3 Å². The van der Waals surface area contributed by atoms with Gasteiger partial charge in [-0.1, -0.05) is 50.8 Å². The Bertz CT molecular complexity index is 1090. The summed E-state index contributed by atoms with van der Waals surface area (Å²) in [5, 5.41) is 9.82. The van der Waals surface area contributed by atoms with Gasteiger partial charge in [0.1, 0.15) is 11.7 Å². The largest absolute Gasteiger partial charge is 0.472 e. The first-order valence-electron chi connectivity index (χ1n) is 12.1. The van der Waals surface area contributed by atoms with Crippen LogP contribution in [-0.2, 0) is 0 Å². The predicted molar refractivity (Wildman–Crippen MR) is 135 cm³/mol. The highest BCUT2D eigenvalue weighted by Gasteiger charge is 2.34. The molecule has 0 radical (unpaired) electrons. The summed E-state index contributed by atoms with van der Waals surface area (Å²) in [7, 11) is 1.74. The lowest BCUT2D eigenvalue weighted by atomic mass is 9.99. The highest BCUT2D eigenvalue weighted by atomic mass is 16.5. The van der Waals surface area contributed by atoms with Crippen LogP contribution < -0.4 is 4.74 Å². The van der Waals surface area contributed by atoms with E-state index in [0.717, 1.165) is 6.42 Å². The van der Waals surface area contributed by atoms with Gasteiger partial charge in [-0.15, -0.1) is 0 Å². The lowest BCUT2D eigenvalue weighted by Crippen LogP contribution is -2.50. The van der Waals surface area contributed by atoms with E-state index in [-0.39, 0.29) is 36.3 Å². The Hall–Kier alpha value is -3.37. The second-order valence-corrected chi connectivity index (χ2v) is 9.65. The first-order valence-corrected chi connectivity index (χ1v) is 12.1. The van der Waals surface area contributed by atoms with Crippen LogP contribution in [0.3, 0.4) is 0 Å². The average Bonchev–Trinajstić information content (AvgIpc) is 2.85. The molecule has 186 valence electrons. The molecule has 1 aromatic carbocycles. The standard InChI is InChI=1S/C28H35N3O4/c1-19(2)10-9-11-22-14-24-26(29-15-22)35-25(20(3)16-31(28(24)34)21(4)18-32)17-30(5)27(33)23-12-7-6-8-13-23/h6-8,12-15,19-21,25,32H,10,16-18H2,1-5H3/t20-,21+,25+/m0/s1.